The zero-order chi connectivity index (χ0) is 28.8. The number of allylic oxidation sites excluding steroid dienone is 1. The van der Waals surface area contributed by atoms with E-state index in [-0.39, 0.29) is 23.2 Å². The predicted molar refractivity (Wildman–Crippen MR) is 161 cm³/mol. The highest BCUT2D eigenvalue weighted by atomic mass is 35.5. The highest BCUT2D eigenvalue weighted by Crippen LogP contribution is 2.47. The Labute approximate surface area is 248 Å². The maximum atomic E-state index is 13.2. The number of methoxy groups -OCH3 is 1. The van der Waals surface area contributed by atoms with Gasteiger partial charge in [0, 0.05) is 36.2 Å². The molecule has 7 nitrogen and oxygen atoms in total. The first-order chi connectivity index (χ1) is 19.7. The van der Waals surface area contributed by atoms with Crippen molar-refractivity contribution in [2.75, 3.05) is 37.5 Å². The number of benzene rings is 2. The van der Waals surface area contributed by atoms with Crippen molar-refractivity contribution in [1.29, 1.82) is 0 Å². The van der Waals surface area contributed by atoms with Gasteiger partial charge in [-0.1, -0.05) is 36.7 Å². The van der Waals surface area contributed by atoms with Crippen LogP contribution < -0.4 is 14.4 Å². The van der Waals surface area contributed by atoms with Gasteiger partial charge in [0.1, 0.15) is 5.75 Å². The first-order valence-corrected chi connectivity index (χ1v) is 16.7. The van der Waals surface area contributed by atoms with Crippen LogP contribution in [0.3, 0.4) is 0 Å². The summed E-state index contributed by atoms with van der Waals surface area (Å²) in [6.07, 6.45) is 9.95. The highest BCUT2D eigenvalue weighted by molar-refractivity contribution is 7.90. The topological polar surface area (TPSA) is 84.9 Å². The van der Waals surface area contributed by atoms with Crippen LogP contribution in [-0.4, -0.2) is 53.0 Å². The average molecular weight is 599 g/mol. The Morgan fingerprint density at radius 3 is 2.80 bits per heavy atom. The van der Waals surface area contributed by atoms with E-state index in [2.05, 4.69) is 27.8 Å². The molecule has 2 heterocycles. The van der Waals surface area contributed by atoms with Gasteiger partial charge in [-0.25, -0.2) is 13.1 Å². The number of fused-ring (bicyclic) bond motifs is 4. The van der Waals surface area contributed by atoms with Gasteiger partial charge in [-0.05, 0) is 97.7 Å². The van der Waals surface area contributed by atoms with Crippen LogP contribution in [0.2, 0.25) is 5.02 Å². The fraction of sp³-hybridized carbons (Fsp3) is 0.531. The number of nitrogens with zero attached hydrogens (tertiary/aromatic N) is 1. The molecule has 41 heavy (non-hydrogen) atoms. The van der Waals surface area contributed by atoms with E-state index in [1.165, 1.54) is 11.1 Å². The monoisotopic (exact) mass is 598 g/mol. The van der Waals surface area contributed by atoms with Gasteiger partial charge in [0.05, 0.1) is 24.2 Å². The maximum Gasteiger partial charge on any atom is 0.264 e. The molecule has 2 aromatic rings. The third-order valence-corrected chi connectivity index (χ3v) is 11.3. The number of carbonyl (C=O) groups is 1. The van der Waals surface area contributed by atoms with Gasteiger partial charge in [-0.15, -0.1) is 0 Å². The summed E-state index contributed by atoms with van der Waals surface area (Å²) in [5, 5.41) is 0.750. The average Bonchev–Trinajstić information content (AvgIpc) is 3.06. The molecule has 220 valence electrons. The standard InChI is InChI=1S/C32H39ClN2O5S/c1-21-5-3-7-29(39-2)26-11-8-24(26)17-35-19-32(14-4-6-22-15-25(33)10-12-27(22)32)20-40-30-13-9-23(16-28(30)35)31(36)34-41(37,38)18-21/h3,7,9-10,12-13,15-16,21,24,26,29H,4-6,8,11,14,17-20H2,1-2H3,(H,34,36)/b7-3-/t21-,24+,26-,29+,32+/m1/s1. The van der Waals surface area contributed by atoms with Crippen LogP contribution in [0.4, 0.5) is 5.69 Å². The summed E-state index contributed by atoms with van der Waals surface area (Å²) in [4.78, 5) is 15.6. The number of aryl methyl sites for hydroxylation is 1. The zero-order valence-corrected chi connectivity index (χ0v) is 25.3. The van der Waals surface area contributed by atoms with E-state index in [9.17, 15) is 13.2 Å². The van der Waals surface area contributed by atoms with Crippen LogP contribution in [0.5, 0.6) is 5.75 Å². The largest absolute Gasteiger partial charge is 0.490 e. The molecule has 0 unspecified atom stereocenters. The molecule has 2 aliphatic carbocycles. The summed E-state index contributed by atoms with van der Waals surface area (Å²) in [5.41, 5.74) is 3.49. The van der Waals surface area contributed by atoms with Crippen molar-refractivity contribution >= 4 is 33.2 Å². The van der Waals surface area contributed by atoms with E-state index in [0.717, 1.165) is 61.7 Å². The fourth-order valence-electron chi connectivity index (χ4n) is 7.32. The summed E-state index contributed by atoms with van der Waals surface area (Å²) < 4.78 is 40.5. The number of hydrogen-bond donors (Lipinski definition) is 1. The Hall–Kier alpha value is -2.55. The number of nitrogens with one attached hydrogen (secondary N) is 1. The molecular formula is C32H39ClN2O5S. The lowest BCUT2D eigenvalue weighted by Gasteiger charge is -2.46. The first-order valence-electron chi connectivity index (χ1n) is 14.7. The molecular weight excluding hydrogens is 560 g/mol. The van der Waals surface area contributed by atoms with Crippen molar-refractivity contribution in [2.24, 2.45) is 17.8 Å². The Bertz CT molecular complexity index is 1460. The molecule has 4 aliphatic rings. The smallest absolute Gasteiger partial charge is 0.264 e. The number of hydrogen-bond acceptors (Lipinski definition) is 6. The molecule has 2 bridgehead atoms. The van der Waals surface area contributed by atoms with Crippen LogP contribution in [0, 0.1) is 17.8 Å². The van der Waals surface area contributed by atoms with E-state index in [0.29, 0.717) is 30.4 Å². The van der Waals surface area contributed by atoms with Crippen LogP contribution in [0.25, 0.3) is 0 Å². The number of sulfonamides is 1. The van der Waals surface area contributed by atoms with E-state index in [1.54, 1.807) is 13.2 Å². The third-order valence-electron chi connectivity index (χ3n) is 9.54. The van der Waals surface area contributed by atoms with Crippen molar-refractivity contribution < 1.29 is 22.7 Å². The second kappa shape index (κ2) is 11.3. The maximum absolute atomic E-state index is 13.2. The van der Waals surface area contributed by atoms with Crippen LogP contribution in [0.15, 0.2) is 48.6 Å². The molecule has 6 rings (SSSR count). The van der Waals surface area contributed by atoms with E-state index in [4.69, 9.17) is 21.1 Å². The Kier molecular flexibility index (Phi) is 7.85. The minimum absolute atomic E-state index is 0.0225. The number of halogens is 1. The van der Waals surface area contributed by atoms with Crippen LogP contribution in [0.1, 0.15) is 60.5 Å². The SMILES string of the molecule is CO[C@H]1/C=C\C[C@@H](C)CS(=O)(=O)NC(=O)c2ccc3c(c2)N(C[C@@H]2CC[C@H]21)C[C@@]1(CCCc2cc(Cl)ccc21)CO3. The number of carbonyl (C=O) groups excluding carboxylic acids is 1. The molecule has 1 saturated carbocycles. The Morgan fingerprint density at radius 1 is 1.17 bits per heavy atom. The predicted octanol–water partition coefficient (Wildman–Crippen LogP) is 5.51. The van der Waals surface area contributed by atoms with Crippen molar-refractivity contribution in [3.8, 4) is 5.75 Å². The fourth-order valence-corrected chi connectivity index (χ4v) is 8.88. The molecule has 5 atom stereocenters. The number of anilines is 1. The van der Waals surface area contributed by atoms with E-state index >= 15 is 0 Å². The van der Waals surface area contributed by atoms with Gasteiger partial charge < -0.3 is 14.4 Å². The van der Waals surface area contributed by atoms with Gasteiger partial charge in [0.2, 0.25) is 10.0 Å². The molecule has 1 spiro atoms. The van der Waals surface area contributed by atoms with Gasteiger partial charge in [0.25, 0.3) is 5.91 Å². The first kappa shape index (κ1) is 28.6. The van der Waals surface area contributed by atoms with Crippen molar-refractivity contribution in [2.45, 2.75) is 57.0 Å². The number of rotatable bonds is 1. The van der Waals surface area contributed by atoms with Gasteiger partial charge in [0.15, 0.2) is 0 Å². The molecule has 0 radical (unpaired) electrons. The van der Waals surface area contributed by atoms with Crippen molar-refractivity contribution in [3.63, 3.8) is 0 Å². The van der Waals surface area contributed by atoms with Crippen molar-refractivity contribution in [3.05, 3.63) is 70.3 Å². The summed E-state index contributed by atoms with van der Waals surface area (Å²) >= 11 is 6.39. The highest BCUT2D eigenvalue weighted by Gasteiger charge is 2.44. The van der Waals surface area contributed by atoms with Gasteiger partial charge in [-0.2, -0.15) is 0 Å². The van der Waals surface area contributed by atoms with Crippen LogP contribution >= 0.6 is 11.6 Å². The second-order valence-electron chi connectivity index (χ2n) is 12.5. The zero-order valence-electron chi connectivity index (χ0n) is 23.8. The molecule has 0 aromatic heterocycles. The summed E-state index contributed by atoms with van der Waals surface area (Å²) in [6, 6.07) is 11.5. The van der Waals surface area contributed by atoms with E-state index in [1.807, 2.05) is 31.2 Å². The van der Waals surface area contributed by atoms with Crippen LogP contribution in [-0.2, 0) is 26.6 Å². The minimum atomic E-state index is -3.81. The lowest BCUT2D eigenvalue weighted by atomic mass is 9.68. The van der Waals surface area contributed by atoms with Crippen molar-refractivity contribution in [1.82, 2.24) is 4.72 Å². The quantitative estimate of drug-likeness (QED) is 0.436. The molecule has 1 amide bonds. The number of ether oxygens (including phenoxy) is 2. The normalized spacial score (nSPS) is 32.0. The number of amides is 1. The Morgan fingerprint density at radius 2 is 2.02 bits per heavy atom. The summed E-state index contributed by atoms with van der Waals surface area (Å²) in [5.74, 6) is 0.634. The molecule has 0 saturated heterocycles. The second-order valence-corrected chi connectivity index (χ2v) is 14.7. The molecule has 2 aromatic carbocycles. The third kappa shape index (κ3) is 5.75. The Balaban J connectivity index is 1.42. The summed E-state index contributed by atoms with van der Waals surface area (Å²) in [6.45, 7) is 3.96. The minimum Gasteiger partial charge on any atom is -0.490 e. The lowest BCUT2D eigenvalue weighted by Crippen LogP contribution is -2.49. The molecule has 2 aliphatic heterocycles. The molecule has 1 fully saturated rings. The summed E-state index contributed by atoms with van der Waals surface area (Å²) in [7, 11) is -2.05. The van der Waals surface area contributed by atoms with Gasteiger partial charge >= 0.3 is 0 Å². The van der Waals surface area contributed by atoms with Gasteiger partial charge in [-0.3, -0.25) is 4.79 Å². The molecule has 1 N–H and O–H groups in total. The lowest BCUT2D eigenvalue weighted by molar-refractivity contribution is 0.0131. The molecule has 9 heteroatoms. The van der Waals surface area contributed by atoms with E-state index < -0.39 is 15.9 Å².